The highest BCUT2D eigenvalue weighted by Gasteiger charge is 2.33. The van der Waals surface area contributed by atoms with Crippen molar-refractivity contribution in [3.63, 3.8) is 0 Å². The van der Waals surface area contributed by atoms with Crippen molar-refractivity contribution in [2.24, 2.45) is 0 Å². The number of ether oxygens (including phenoxy) is 1. The van der Waals surface area contributed by atoms with Crippen molar-refractivity contribution in [2.45, 2.75) is 65.7 Å². The van der Waals surface area contributed by atoms with Crippen LogP contribution in [0.2, 0.25) is 0 Å². The second kappa shape index (κ2) is 11.9. The van der Waals surface area contributed by atoms with Crippen molar-refractivity contribution in [3.05, 3.63) is 70.3 Å². The highest BCUT2D eigenvalue weighted by atomic mass is 31.0. The van der Waals surface area contributed by atoms with Gasteiger partial charge in [0.25, 0.3) is 0 Å². The predicted octanol–water partition coefficient (Wildman–Crippen LogP) is 5.85. The number of benzene rings is 2. The number of carbonyl (C=O) groups excluding carboxylic acids is 2. The Morgan fingerprint density at radius 1 is 1.00 bits per heavy atom. The highest BCUT2D eigenvalue weighted by Crippen LogP contribution is 2.31. The molecule has 0 radical (unpaired) electrons. The van der Waals surface area contributed by atoms with Crippen LogP contribution in [0.3, 0.4) is 0 Å². The molecule has 0 aliphatic heterocycles. The van der Waals surface area contributed by atoms with E-state index in [-0.39, 0.29) is 11.2 Å². The summed E-state index contributed by atoms with van der Waals surface area (Å²) in [6.45, 7) is 12.7. The topological polar surface area (TPSA) is 60.4 Å². The second-order valence-electron chi connectivity index (χ2n) is 8.46. The first kappa shape index (κ1) is 25.8. The molecule has 0 aromatic heterocycles. The zero-order valence-corrected chi connectivity index (χ0v) is 20.5. The van der Waals surface area contributed by atoms with Gasteiger partial charge in [-0.3, -0.25) is 9.59 Å². The zero-order chi connectivity index (χ0) is 22.9. The van der Waals surface area contributed by atoms with Crippen LogP contribution in [-0.2, 0) is 19.5 Å². The first-order valence-electron chi connectivity index (χ1n) is 10.3. The molecule has 0 N–H and O–H groups in total. The molecule has 0 saturated carbocycles. The minimum absolute atomic E-state index is 0.00495. The Balaban J connectivity index is 0.00000218. The van der Waals surface area contributed by atoms with E-state index in [1.807, 2.05) is 51.1 Å². The molecule has 2 unspecified atom stereocenters. The highest BCUT2D eigenvalue weighted by molar-refractivity contribution is 7.00. The van der Waals surface area contributed by atoms with Crippen LogP contribution in [0, 0.1) is 13.8 Å². The third-order valence-corrected chi connectivity index (χ3v) is 5.02. The summed E-state index contributed by atoms with van der Waals surface area (Å²) in [7, 11) is 0.611. The Labute approximate surface area is 182 Å². The quantitative estimate of drug-likeness (QED) is 0.182. The van der Waals surface area contributed by atoms with Crippen molar-refractivity contribution in [1.29, 1.82) is 0 Å². The molecule has 2 aromatic rings. The summed E-state index contributed by atoms with van der Waals surface area (Å²) in [5.41, 5.74) is 4.27. The van der Waals surface area contributed by atoms with Gasteiger partial charge >= 0.3 is 5.97 Å². The monoisotopic (exact) mass is 430 g/mol. The maximum Gasteiger partial charge on any atom is 0.321 e. The van der Waals surface area contributed by atoms with Gasteiger partial charge in [-0.15, -0.1) is 0 Å². The van der Waals surface area contributed by atoms with Gasteiger partial charge in [0.2, 0.25) is 0 Å². The third kappa shape index (κ3) is 6.67. The van der Waals surface area contributed by atoms with Gasteiger partial charge in [0, 0.05) is 5.56 Å². The van der Waals surface area contributed by atoms with Crippen LogP contribution < -0.4 is 0 Å². The molecule has 30 heavy (non-hydrogen) atoms. The Bertz CT molecular complexity index is 830. The third-order valence-electron chi connectivity index (χ3n) is 5.02. The Morgan fingerprint density at radius 3 is 2.00 bits per heavy atom. The van der Waals surface area contributed by atoms with Crippen LogP contribution in [0.1, 0.15) is 79.1 Å². The molecule has 0 amide bonds. The molecule has 0 aliphatic carbocycles. The van der Waals surface area contributed by atoms with Crippen LogP contribution >= 0.6 is 9.12 Å². The van der Waals surface area contributed by atoms with E-state index in [0.717, 1.165) is 24.0 Å². The summed E-state index contributed by atoms with van der Waals surface area (Å²) in [5.74, 6) is -1.59. The van der Waals surface area contributed by atoms with E-state index in [1.54, 1.807) is 0 Å². The number of hydrogen-bond donors (Lipinski definition) is 0. The molecule has 164 valence electrons. The molecule has 0 bridgehead atoms. The summed E-state index contributed by atoms with van der Waals surface area (Å²) >= 11 is 0. The largest absolute Gasteiger partial charge is 0.465 e. The fourth-order valence-electron chi connectivity index (χ4n) is 3.37. The van der Waals surface area contributed by atoms with Gasteiger partial charge < -0.3 is 9.30 Å². The molecule has 4 nitrogen and oxygen atoms in total. The molecule has 0 saturated heterocycles. The molecule has 0 aliphatic rings. The molecular formula is C25H35O4P. The maximum absolute atomic E-state index is 13.5. The number of ketones is 1. The minimum atomic E-state index is -0.934. The van der Waals surface area contributed by atoms with Crippen LogP contribution in [0.25, 0.3) is 0 Å². The first-order valence-corrected chi connectivity index (χ1v) is 10.9. The van der Waals surface area contributed by atoms with Crippen LogP contribution in [-0.4, -0.2) is 18.4 Å². The number of hydrogen-bond acceptors (Lipinski definition) is 4. The maximum atomic E-state index is 13.5. The summed E-state index contributed by atoms with van der Waals surface area (Å²) in [6.07, 6.45) is 1.73. The molecule has 2 atom stereocenters. The minimum Gasteiger partial charge on any atom is -0.465 e. The van der Waals surface area contributed by atoms with Crippen molar-refractivity contribution in [3.8, 4) is 0 Å². The van der Waals surface area contributed by atoms with Crippen LogP contribution in [0.5, 0.6) is 0 Å². The number of Topliss-reactive ketones (excluding diaryl/α,β-unsaturated/α-hetero) is 1. The molecular weight excluding hydrogens is 395 g/mol. The fraction of sp³-hybridized carbons (Fsp3) is 0.440. The lowest BCUT2D eigenvalue weighted by Gasteiger charge is -2.23. The lowest BCUT2D eigenvalue weighted by atomic mass is 9.81. The molecule has 0 fully saturated rings. The summed E-state index contributed by atoms with van der Waals surface area (Å²) < 4.78 is 13.7. The summed E-state index contributed by atoms with van der Waals surface area (Å²) in [5, 5.41) is 0. The molecule has 2 rings (SSSR count). The standard InChI is InChI=1S/C25H32O3.H3OP/c1-7-8-14-28-24(27)22(19-12-10-9-11-13-19)23(26)21-17(2)15-20(16-18(21)3)25(4,5)6;1-2/h9-13,15-16,22H,7-8,14H2,1-6H3;2H3. The van der Waals surface area contributed by atoms with E-state index in [2.05, 4.69) is 32.9 Å². The van der Waals surface area contributed by atoms with Crippen LogP contribution in [0.15, 0.2) is 42.5 Å². The van der Waals surface area contributed by atoms with E-state index >= 15 is 0 Å². The van der Waals surface area contributed by atoms with Crippen molar-refractivity contribution < 1.29 is 18.9 Å². The average molecular weight is 431 g/mol. The van der Waals surface area contributed by atoms with Gasteiger partial charge in [-0.25, -0.2) is 0 Å². The van der Waals surface area contributed by atoms with Crippen molar-refractivity contribution in [1.82, 2.24) is 0 Å². The van der Waals surface area contributed by atoms with E-state index < -0.39 is 11.9 Å². The normalized spacial score (nSPS) is 11.9. The molecule has 0 spiro atoms. The number of esters is 1. The summed E-state index contributed by atoms with van der Waals surface area (Å²) in [6, 6.07) is 13.3. The van der Waals surface area contributed by atoms with E-state index in [9.17, 15) is 9.59 Å². The molecule has 2 aromatic carbocycles. The van der Waals surface area contributed by atoms with Gasteiger partial charge in [-0.2, -0.15) is 0 Å². The van der Waals surface area contributed by atoms with Gasteiger partial charge in [-0.05, 0) is 47.9 Å². The number of unbranched alkanes of at least 4 members (excludes halogenated alkanes) is 1. The average Bonchev–Trinajstić information content (AvgIpc) is 2.69. The lowest BCUT2D eigenvalue weighted by molar-refractivity contribution is -0.144. The van der Waals surface area contributed by atoms with E-state index in [1.165, 1.54) is 5.56 Å². The Hall–Kier alpha value is -2.19. The second-order valence-corrected chi connectivity index (χ2v) is 8.46. The SMILES string of the molecule is CCCCOC(=O)C(C(=O)c1c(C)cc(C(C)(C)C)cc1C)c1ccccc1.O=[PH3]. The van der Waals surface area contributed by atoms with Crippen LogP contribution in [0.4, 0.5) is 0 Å². The summed E-state index contributed by atoms with van der Waals surface area (Å²) in [4.78, 5) is 26.4. The first-order chi connectivity index (χ1) is 14.2. The fourth-order valence-corrected chi connectivity index (χ4v) is 3.37. The Kier molecular flexibility index (Phi) is 10.2. The molecule has 5 heteroatoms. The van der Waals surface area contributed by atoms with Gasteiger partial charge in [-0.1, -0.05) is 76.6 Å². The zero-order valence-electron chi connectivity index (χ0n) is 19.1. The predicted molar refractivity (Wildman–Crippen MR) is 126 cm³/mol. The lowest BCUT2D eigenvalue weighted by Crippen LogP contribution is -2.26. The number of carbonyl (C=O) groups is 2. The smallest absolute Gasteiger partial charge is 0.321 e. The van der Waals surface area contributed by atoms with Crippen molar-refractivity contribution in [2.75, 3.05) is 6.61 Å². The number of aryl methyl sites for hydroxylation is 2. The van der Waals surface area contributed by atoms with Crippen molar-refractivity contribution >= 4 is 20.9 Å². The van der Waals surface area contributed by atoms with E-state index in [4.69, 9.17) is 9.30 Å². The van der Waals surface area contributed by atoms with E-state index in [0.29, 0.717) is 26.9 Å². The van der Waals surface area contributed by atoms with Gasteiger partial charge in [0.1, 0.15) is 5.92 Å². The van der Waals surface area contributed by atoms with Gasteiger partial charge in [0.15, 0.2) is 5.78 Å². The number of rotatable bonds is 7. The molecule has 0 heterocycles. The Morgan fingerprint density at radius 2 is 1.53 bits per heavy atom. The van der Waals surface area contributed by atoms with Gasteiger partial charge in [0.05, 0.1) is 15.7 Å².